The summed E-state index contributed by atoms with van der Waals surface area (Å²) in [4.78, 5) is 22.4. The van der Waals surface area contributed by atoms with Gasteiger partial charge in [0.15, 0.2) is 5.65 Å². The first-order valence-electron chi connectivity index (χ1n) is 10.2. The van der Waals surface area contributed by atoms with Crippen molar-refractivity contribution < 1.29 is 9.18 Å². The van der Waals surface area contributed by atoms with Gasteiger partial charge in [-0.1, -0.05) is 6.07 Å². The number of benzene rings is 1. The van der Waals surface area contributed by atoms with Gasteiger partial charge < -0.3 is 5.32 Å². The number of carbonyl (C=O) groups excluding carboxylic acids is 1. The average molecular weight is 459 g/mol. The number of nitrogens with zero attached hydrogens (tertiary/aromatic N) is 4. The third-order valence-electron chi connectivity index (χ3n) is 5.10. The number of hydrogen-bond donors (Lipinski definition) is 2. The number of amides is 2. The third kappa shape index (κ3) is 4.31. The van der Waals surface area contributed by atoms with E-state index in [2.05, 4.69) is 20.7 Å². The zero-order valence-electron chi connectivity index (χ0n) is 17.6. The highest BCUT2D eigenvalue weighted by Crippen LogP contribution is 2.33. The third-order valence-corrected chi connectivity index (χ3v) is 5.98. The van der Waals surface area contributed by atoms with Crippen LogP contribution in [0.1, 0.15) is 10.4 Å². The Labute approximate surface area is 193 Å². The molecule has 0 saturated carbocycles. The number of nitrogens with one attached hydrogen (secondary N) is 2. The molecule has 0 saturated heterocycles. The smallest absolute Gasteiger partial charge is 0.320 e. The normalized spacial score (nSPS) is 11.0. The van der Waals surface area contributed by atoms with Gasteiger partial charge in [-0.2, -0.15) is 5.10 Å². The fourth-order valence-corrected chi connectivity index (χ4v) is 4.17. The van der Waals surface area contributed by atoms with E-state index < -0.39 is 0 Å². The molecule has 1 aromatic carbocycles. The predicted octanol–water partition coefficient (Wildman–Crippen LogP) is 5.29. The number of anilines is 1. The van der Waals surface area contributed by atoms with Gasteiger partial charge in [0.25, 0.3) is 0 Å². The van der Waals surface area contributed by atoms with Crippen LogP contribution >= 0.6 is 11.3 Å². The molecule has 0 atom stereocenters. The Morgan fingerprint density at radius 1 is 1.09 bits per heavy atom. The maximum atomic E-state index is 13.9. The van der Waals surface area contributed by atoms with Gasteiger partial charge in [0.1, 0.15) is 17.3 Å². The topological polar surface area (TPSA) is 84.2 Å². The van der Waals surface area contributed by atoms with Crippen molar-refractivity contribution in [2.75, 3.05) is 5.32 Å². The highest BCUT2D eigenvalue weighted by Gasteiger charge is 2.18. The van der Waals surface area contributed by atoms with Crippen molar-refractivity contribution in [3.63, 3.8) is 0 Å². The molecular weight excluding hydrogens is 439 g/mol. The minimum atomic E-state index is -0.348. The first-order valence-corrected chi connectivity index (χ1v) is 11.1. The summed E-state index contributed by atoms with van der Waals surface area (Å²) in [6.07, 6.45) is 3.29. The standard InChI is InChI=1S/C24H19FN6OS/c1-15-12-16(6-7-19(15)25)22-23(31-21(30-22)5-2-9-28-31)17-8-10-26-20(13-17)29-24(32)27-14-18-4-3-11-33-18/h2-13H,14H2,1H3,(H2,26,27,29,32). The van der Waals surface area contributed by atoms with Crippen LogP contribution < -0.4 is 10.6 Å². The van der Waals surface area contributed by atoms with E-state index in [-0.39, 0.29) is 11.8 Å². The van der Waals surface area contributed by atoms with E-state index in [1.165, 1.54) is 6.07 Å². The molecule has 0 aliphatic heterocycles. The summed E-state index contributed by atoms with van der Waals surface area (Å²) in [6.45, 7) is 2.16. The van der Waals surface area contributed by atoms with E-state index in [0.29, 0.717) is 29.3 Å². The number of aryl methyl sites for hydroxylation is 1. The monoisotopic (exact) mass is 458 g/mol. The van der Waals surface area contributed by atoms with E-state index in [4.69, 9.17) is 4.98 Å². The lowest BCUT2D eigenvalue weighted by atomic mass is 10.0. The fraction of sp³-hybridized carbons (Fsp3) is 0.0833. The van der Waals surface area contributed by atoms with Gasteiger partial charge in [0.05, 0.1) is 12.2 Å². The van der Waals surface area contributed by atoms with Gasteiger partial charge >= 0.3 is 6.03 Å². The van der Waals surface area contributed by atoms with Gasteiger partial charge in [0, 0.05) is 28.4 Å². The van der Waals surface area contributed by atoms with E-state index in [1.54, 1.807) is 53.4 Å². The largest absolute Gasteiger partial charge is 0.333 e. The summed E-state index contributed by atoms with van der Waals surface area (Å²) in [5.74, 6) is 0.120. The number of halogens is 1. The molecule has 4 heterocycles. The van der Waals surface area contributed by atoms with Crippen LogP contribution in [0.4, 0.5) is 15.0 Å². The molecule has 2 N–H and O–H groups in total. The van der Waals surface area contributed by atoms with Crippen LogP contribution in [0.25, 0.3) is 28.2 Å². The zero-order chi connectivity index (χ0) is 22.8. The summed E-state index contributed by atoms with van der Waals surface area (Å²) in [5.41, 5.74) is 4.11. The van der Waals surface area contributed by atoms with E-state index >= 15 is 0 Å². The Bertz CT molecular complexity index is 1450. The van der Waals surface area contributed by atoms with E-state index in [1.807, 2.05) is 35.7 Å². The molecule has 5 rings (SSSR count). The number of thiophene rings is 1. The lowest BCUT2D eigenvalue weighted by Crippen LogP contribution is -2.28. The Kier molecular flexibility index (Phi) is 5.54. The highest BCUT2D eigenvalue weighted by atomic mass is 32.1. The van der Waals surface area contributed by atoms with Crippen LogP contribution in [0.5, 0.6) is 0 Å². The molecule has 33 heavy (non-hydrogen) atoms. The van der Waals surface area contributed by atoms with Crippen molar-refractivity contribution in [3.8, 4) is 22.5 Å². The summed E-state index contributed by atoms with van der Waals surface area (Å²) < 4.78 is 15.6. The molecule has 5 aromatic rings. The van der Waals surface area contributed by atoms with Crippen molar-refractivity contribution in [2.24, 2.45) is 0 Å². The number of aromatic nitrogens is 4. The van der Waals surface area contributed by atoms with Crippen LogP contribution in [-0.4, -0.2) is 25.6 Å². The van der Waals surface area contributed by atoms with E-state index in [0.717, 1.165) is 21.7 Å². The summed E-state index contributed by atoms with van der Waals surface area (Å²) in [6, 6.07) is 15.7. The first kappa shape index (κ1) is 20.8. The minimum Gasteiger partial charge on any atom is -0.333 e. The number of pyridine rings is 1. The minimum absolute atomic E-state index is 0.272. The summed E-state index contributed by atoms with van der Waals surface area (Å²) in [5, 5.41) is 12.0. The molecular formula is C24H19FN6OS. The molecule has 164 valence electrons. The lowest BCUT2D eigenvalue weighted by Gasteiger charge is -2.09. The first-order chi connectivity index (χ1) is 16.1. The molecule has 0 fully saturated rings. The number of hydrogen-bond acceptors (Lipinski definition) is 5. The maximum absolute atomic E-state index is 13.9. The van der Waals surface area contributed by atoms with Gasteiger partial charge in [-0.25, -0.2) is 23.7 Å². The second kappa shape index (κ2) is 8.79. The van der Waals surface area contributed by atoms with Crippen LogP contribution in [0.15, 0.2) is 72.4 Å². The molecule has 4 aromatic heterocycles. The van der Waals surface area contributed by atoms with Gasteiger partial charge in [0.2, 0.25) is 0 Å². The average Bonchev–Trinajstić information content (AvgIpc) is 3.47. The molecule has 7 nitrogen and oxygen atoms in total. The van der Waals surface area contributed by atoms with Crippen molar-refractivity contribution in [2.45, 2.75) is 13.5 Å². The summed E-state index contributed by atoms with van der Waals surface area (Å²) in [7, 11) is 0. The van der Waals surface area contributed by atoms with Crippen LogP contribution in [0.2, 0.25) is 0 Å². The Hall–Kier alpha value is -4.11. The highest BCUT2D eigenvalue weighted by molar-refractivity contribution is 7.09. The molecule has 9 heteroatoms. The molecule has 0 spiro atoms. The molecule has 0 radical (unpaired) electrons. The number of carbonyl (C=O) groups is 1. The number of rotatable bonds is 5. The van der Waals surface area contributed by atoms with Crippen molar-refractivity contribution in [1.29, 1.82) is 0 Å². The van der Waals surface area contributed by atoms with Crippen LogP contribution in [0.3, 0.4) is 0 Å². The second-order valence-electron chi connectivity index (χ2n) is 7.38. The molecule has 0 bridgehead atoms. The van der Waals surface area contributed by atoms with Gasteiger partial charge in [-0.3, -0.25) is 5.32 Å². The summed E-state index contributed by atoms with van der Waals surface area (Å²) >= 11 is 1.58. The lowest BCUT2D eigenvalue weighted by molar-refractivity contribution is 0.252. The van der Waals surface area contributed by atoms with Crippen LogP contribution in [0, 0.1) is 12.7 Å². The van der Waals surface area contributed by atoms with Gasteiger partial charge in [-0.05, 0) is 66.4 Å². The van der Waals surface area contributed by atoms with Crippen molar-refractivity contribution in [3.05, 3.63) is 88.6 Å². The molecule has 2 amide bonds. The molecule has 0 unspecified atom stereocenters. The Morgan fingerprint density at radius 3 is 2.82 bits per heavy atom. The Morgan fingerprint density at radius 2 is 2.00 bits per heavy atom. The maximum Gasteiger partial charge on any atom is 0.320 e. The predicted molar refractivity (Wildman–Crippen MR) is 127 cm³/mol. The molecule has 0 aliphatic rings. The number of urea groups is 1. The Balaban J connectivity index is 1.50. The quantitative estimate of drug-likeness (QED) is 0.375. The number of fused-ring (bicyclic) bond motifs is 1. The van der Waals surface area contributed by atoms with Crippen molar-refractivity contribution >= 4 is 28.8 Å². The van der Waals surface area contributed by atoms with Gasteiger partial charge in [-0.15, -0.1) is 11.3 Å². The van der Waals surface area contributed by atoms with E-state index in [9.17, 15) is 9.18 Å². The number of imidazole rings is 1. The zero-order valence-corrected chi connectivity index (χ0v) is 18.4. The fourth-order valence-electron chi connectivity index (χ4n) is 3.53. The SMILES string of the molecule is Cc1cc(-c2nc3cccnn3c2-c2ccnc(NC(=O)NCc3cccs3)c2)ccc1F. The molecule has 0 aliphatic carbocycles. The second-order valence-corrected chi connectivity index (χ2v) is 8.42. The van der Waals surface area contributed by atoms with Crippen molar-refractivity contribution in [1.82, 2.24) is 24.9 Å². The van der Waals surface area contributed by atoms with Crippen LogP contribution in [-0.2, 0) is 6.54 Å².